The van der Waals surface area contributed by atoms with E-state index in [1.807, 2.05) is 6.92 Å². The third-order valence-electron chi connectivity index (χ3n) is 3.17. The minimum absolute atomic E-state index is 0.216. The summed E-state index contributed by atoms with van der Waals surface area (Å²) in [4.78, 5) is 16.7. The summed E-state index contributed by atoms with van der Waals surface area (Å²) >= 11 is 5.83. The predicted octanol–water partition coefficient (Wildman–Crippen LogP) is 2.27. The molecule has 3 rings (SSSR count). The first-order chi connectivity index (χ1) is 10.1. The number of carbonyl (C=O) groups is 1. The molecule has 0 unspecified atom stereocenters. The van der Waals surface area contributed by atoms with Gasteiger partial charge in [0.15, 0.2) is 11.5 Å². The third kappa shape index (κ3) is 2.38. The molecule has 0 saturated heterocycles. The van der Waals surface area contributed by atoms with Crippen molar-refractivity contribution in [1.29, 1.82) is 0 Å². The third-order valence-corrected chi connectivity index (χ3v) is 3.42. The molecule has 0 aliphatic carbocycles. The van der Waals surface area contributed by atoms with E-state index in [0.717, 1.165) is 0 Å². The van der Waals surface area contributed by atoms with E-state index in [1.54, 1.807) is 35.7 Å². The Hall–Kier alpha value is -2.34. The maximum atomic E-state index is 12.5. The van der Waals surface area contributed by atoms with Crippen molar-refractivity contribution in [1.82, 2.24) is 24.8 Å². The summed E-state index contributed by atoms with van der Waals surface area (Å²) in [6, 6.07) is 6.66. The van der Waals surface area contributed by atoms with Gasteiger partial charge in [-0.05, 0) is 31.2 Å². The van der Waals surface area contributed by atoms with Crippen LogP contribution in [0.2, 0.25) is 5.02 Å². The van der Waals surface area contributed by atoms with Gasteiger partial charge in [0.1, 0.15) is 0 Å². The summed E-state index contributed by atoms with van der Waals surface area (Å²) in [6.07, 6.45) is 0.698. The lowest BCUT2D eigenvalue weighted by Crippen LogP contribution is -2.12. The molecule has 0 radical (unpaired) electrons. The van der Waals surface area contributed by atoms with E-state index < -0.39 is 0 Å². The van der Waals surface area contributed by atoms with Crippen LogP contribution in [0.3, 0.4) is 0 Å². The van der Waals surface area contributed by atoms with E-state index >= 15 is 0 Å². The fourth-order valence-corrected chi connectivity index (χ4v) is 2.13. The SMILES string of the molecule is CCc1nc2nnc(C(=O)c3ccc(Cl)cc3)c(C)n2n1. The number of aryl methyl sites for hydroxylation is 2. The summed E-state index contributed by atoms with van der Waals surface area (Å²) in [5, 5.41) is 12.9. The second kappa shape index (κ2) is 5.21. The van der Waals surface area contributed by atoms with E-state index in [1.165, 1.54) is 0 Å². The van der Waals surface area contributed by atoms with Gasteiger partial charge < -0.3 is 0 Å². The summed E-state index contributed by atoms with van der Waals surface area (Å²) in [5.74, 6) is 0.854. The van der Waals surface area contributed by atoms with Crippen LogP contribution >= 0.6 is 11.6 Å². The molecule has 3 aromatic rings. The van der Waals surface area contributed by atoms with E-state index in [9.17, 15) is 4.79 Å². The van der Waals surface area contributed by atoms with Crippen LogP contribution in [0.4, 0.5) is 0 Å². The number of aromatic nitrogens is 5. The highest BCUT2D eigenvalue weighted by Gasteiger charge is 2.18. The number of rotatable bonds is 3. The maximum absolute atomic E-state index is 12.5. The van der Waals surface area contributed by atoms with Crippen molar-refractivity contribution < 1.29 is 4.79 Å². The molecule has 0 bridgehead atoms. The molecule has 7 heteroatoms. The molecular weight excluding hydrogens is 290 g/mol. The molecule has 0 aliphatic rings. The number of fused-ring (bicyclic) bond motifs is 1. The van der Waals surface area contributed by atoms with Gasteiger partial charge in [0, 0.05) is 17.0 Å². The molecule has 0 amide bonds. The van der Waals surface area contributed by atoms with E-state index in [0.29, 0.717) is 34.3 Å². The largest absolute Gasteiger partial charge is 0.287 e. The zero-order valence-electron chi connectivity index (χ0n) is 11.5. The van der Waals surface area contributed by atoms with Crippen LogP contribution in [-0.2, 0) is 6.42 Å². The van der Waals surface area contributed by atoms with E-state index in [-0.39, 0.29) is 11.5 Å². The van der Waals surface area contributed by atoms with Gasteiger partial charge in [0.25, 0.3) is 5.78 Å². The maximum Gasteiger partial charge on any atom is 0.272 e. The van der Waals surface area contributed by atoms with Crippen molar-refractivity contribution >= 4 is 23.2 Å². The molecule has 21 heavy (non-hydrogen) atoms. The number of ketones is 1. The molecule has 0 spiro atoms. The van der Waals surface area contributed by atoms with Crippen molar-refractivity contribution in [3.05, 3.63) is 52.1 Å². The first-order valence-electron chi connectivity index (χ1n) is 6.49. The van der Waals surface area contributed by atoms with Crippen molar-refractivity contribution in [2.75, 3.05) is 0 Å². The van der Waals surface area contributed by atoms with Crippen LogP contribution in [0.25, 0.3) is 5.78 Å². The number of carbonyl (C=O) groups excluding carboxylic acids is 1. The second-order valence-electron chi connectivity index (χ2n) is 4.56. The van der Waals surface area contributed by atoms with Crippen molar-refractivity contribution in [3.63, 3.8) is 0 Å². The van der Waals surface area contributed by atoms with Gasteiger partial charge in [0.05, 0.1) is 5.69 Å². The van der Waals surface area contributed by atoms with Gasteiger partial charge in [-0.15, -0.1) is 15.3 Å². The van der Waals surface area contributed by atoms with Gasteiger partial charge >= 0.3 is 0 Å². The monoisotopic (exact) mass is 301 g/mol. The topological polar surface area (TPSA) is 73.0 Å². The van der Waals surface area contributed by atoms with Crippen LogP contribution in [0.5, 0.6) is 0 Å². The minimum Gasteiger partial charge on any atom is -0.287 e. The molecule has 0 atom stereocenters. The van der Waals surface area contributed by atoms with E-state index in [4.69, 9.17) is 11.6 Å². The first-order valence-corrected chi connectivity index (χ1v) is 6.87. The number of hydrogen-bond acceptors (Lipinski definition) is 5. The molecule has 1 aromatic carbocycles. The average Bonchev–Trinajstić information content (AvgIpc) is 2.92. The van der Waals surface area contributed by atoms with Crippen LogP contribution in [0.1, 0.15) is 34.5 Å². The minimum atomic E-state index is -0.216. The van der Waals surface area contributed by atoms with Gasteiger partial charge in [-0.25, -0.2) is 0 Å². The van der Waals surface area contributed by atoms with Gasteiger partial charge in [0.2, 0.25) is 5.78 Å². The molecule has 2 heterocycles. The van der Waals surface area contributed by atoms with Crippen molar-refractivity contribution in [2.24, 2.45) is 0 Å². The lowest BCUT2D eigenvalue weighted by Gasteiger charge is -2.04. The number of hydrogen-bond donors (Lipinski definition) is 0. The zero-order valence-corrected chi connectivity index (χ0v) is 12.3. The normalized spacial score (nSPS) is 11.0. The van der Waals surface area contributed by atoms with Gasteiger partial charge in [-0.2, -0.15) is 9.50 Å². The fraction of sp³-hybridized carbons (Fsp3) is 0.214. The molecule has 106 valence electrons. The fourth-order valence-electron chi connectivity index (χ4n) is 2.00. The van der Waals surface area contributed by atoms with E-state index in [2.05, 4.69) is 20.3 Å². The van der Waals surface area contributed by atoms with Gasteiger partial charge in [-0.3, -0.25) is 4.79 Å². The first kappa shape index (κ1) is 13.6. The lowest BCUT2D eigenvalue weighted by molar-refractivity contribution is 0.103. The molecule has 0 N–H and O–H groups in total. The molecule has 0 fully saturated rings. The molecule has 0 saturated carbocycles. The van der Waals surface area contributed by atoms with Crippen LogP contribution in [0, 0.1) is 6.92 Å². The second-order valence-corrected chi connectivity index (χ2v) is 5.00. The Kier molecular flexibility index (Phi) is 3.39. The number of nitrogens with zero attached hydrogens (tertiary/aromatic N) is 5. The highest BCUT2D eigenvalue weighted by atomic mass is 35.5. The Morgan fingerprint density at radius 2 is 1.95 bits per heavy atom. The molecule has 2 aromatic heterocycles. The standard InChI is InChI=1S/C14H12ClN5O/c1-3-11-16-14-18-17-12(8(2)20(14)19-11)13(21)9-4-6-10(15)7-5-9/h4-7H,3H2,1-2H3. The van der Waals surface area contributed by atoms with Crippen LogP contribution in [0.15, 0.2) is 24.3 Å². The number of halogens is 1. The average molecular weight is 302 g/mol. The Balaban J connectivity index is 2.09. The Morgan fingerprint density at radius 3 is 2.62 bits per heavy atom. The predicted molar refractivity (Wildman–Crippen MR) is 77.6 cm³/mol. The van der Waals surface area contributed by atoms with Crippen LogP contribution in [-0.4, -0.2) is 30.6 Å². The smallest absolute Gasteiger partial charge is 0.272 e. The number of benzene rings is 1. The molecule has 6 nitrogen and oxygen atoms in total. The quantitative estimate of drug-likeness (QED) is 0.694. The Bertz CT molecular complexity index is 825. The summed E-state index contributed by atoms with van der Waals surface area (Å²) in [7, 11) is 0. The molecular formula is C14H12ClN5O. The van der Waals surface area contributed by atoms with Crippen molar-refractivity contribution in [3.8, 4) is 0 Å². The van der Waals surface area contributed by atoms with Crippen molar-refractivity contribution in [2.45, 2.75) is 20.3 Å². The Labute approximate surface area is 125 Å². The Morgan fingerprint density at radius 1 is 1.24 bits per heavy atom. The lowest BCUT2D eigenvalue weighted by atomic mass is 10.1. The summed E-state index contributed by atoms with van der Waals surface area (Å²) in [6.45, 7) is 3.73. The summed E-state index contributed by atoms with van der Waals surface area (Å²) < 4.78 is 1.55. The zero-order chi connectivity index (χ0) is 15.0. The highest BCUT2D eigenvalue weighted by molar-refractivity contribution is 6.30. The highest BCUT2D eigenvalue weighted by Crippen LogP contribution is 2.15. The van der Waals surface area contributed by atoms with Crippen LogP contribution < -0.4 is 0 Å². The summed E-state index contributed by atoms with van der Waals surface area (Å²) in [5.41, 5.74) is 1.39. The van der Waals surface area contributed by atoms with Gasteiger partial charge in [-0.1, -0.05) is 18.5 Å². The molecule has 0 aliphatic heterocycles.